The summed E-state index contributed by atoms with van der Waals surface area (Å²) in [4.78, 5) is 14.6. The first-order chi connectivity index (χ1) is 6.18. The second-order valence-electron chi connectivity index (χ2n) is 2.80. The largest absolute Gasteiger partial charge is 0.399 e. The highest BCUT2D eigenvalue weighted by Crippen LogP contribution is 2.17. The van der Waals surface area contributed by atoms with E-state index in [9.17, 15) is 4.79 Å². The van der Waals surface area contributed by atoms with Gasteiger partial charge in [-0.3, -0.25) is 4.79 Å². The molecule has 5 N–H and O–H groups in total. The fraction of sp³-hybridized carbons (Fsp3) is 0.143. The predicted octanol–water partition coefficient (Wildman–Crippen LogP) is -0.949. The number of nitrogen functional groups attached to an aromatic ring is 1. The van der Waals surface area contributed by atoms with E-state index >= 15 is 0 Å². The van der Waals surface area contributed by atoms with Gasteiger partial charge in [0.25, 0.3) is 5.56 Å². The molecule has 0 fully saturated rings. The van der Waals surface area contributed by atoms with E-state index in [0.29, 0.717) is 18.1 Å². The maximum Gasteiger partial charge on any atom is 0.298 e. The van der Waals surface area contributed by atoms with Crippen molar-refractivity contribution in [1.82, 2.24) is 9.55 Å². The van der Waals surface area contributed by atoms with Crippen LogP contribution in [0.4, 0.5) is 11.5 Å². The molecule has 0 saturated heterocycles. The number of rotatable bonds is 0. The van der Waals surface area contributed by atoms with Crippen LogP contribution in [0.25, 0.3) is 0 Å². The van der Waals surface area contributed by atoms with Crippen LogP contribution in [0.15, 0.2) is 23.0 Å². The molecular formula is C7H9N5O. The molecule has 6 heteroatoms. The summed E-state index contributed by atoms with van der Waals surface area (Å²) in [6.45, 7) is 0.500. The quantitative estimate of drug-likeness (QED) is 0.477. The maximum atomic E-state index is 11.0. The Kier molecular flexibility index (Phi) is 1.48. The number of anilines is 2. The Hall–Kier alpha value is -1.98. The highest BCUT2D eigenvalue weighted by Gasteiger charge is 2.11. The minimum Gasteiger partial charge on any atom is -0.399 e. The normalized spacial score (nSPS) is 14.3. The molecule has 1 aromatic heterocycles. The predicted molar refractivity (Wildman–Crippen MR) is 48.8 cm³/mol. The summed E-state index contributed by atoms with van der Waals surface area (Å²) in [5, 5.41) is 2.83. The first-order valence-electron chi connectivity index (χ1n) is 3.74. The maximum absolute atomic E-state index is 11.0. The van der Waals surface area contributed by atoms with Gasteiger partial charge in [-0.25, -0.2) is 0 Å². The third-order valence-corrected chi connectivity index (χ3v) is 1.83. The van der Waals surface area contributed by atoms with E-state index < -0.39 is 5.56 Å². The van der Waals surface area contributed by atoms with Crippen molar-refractivity contribution in [3.63, 3.8) is 0 Å². The molecule has 2 heterocycles. The van der Waals surface area contributed by atoms with Gasteiger partial charge < -0.3 is 21.4 Å². The van der Waals surface area contributed by atoms with Crippen molar-refractivity contribution in [3.8, 4) is 0 Å². The van der Waals surface area contributed by atoms with Crippen LogP contribution in [0.3, 0.4) is 0 Å². The van der Waals surface area contributed by atoms with Gasteiger partial charge in [-0.05, 0) is 0 Å². The molecular weight excluding hydrogens is 170 g/mol. The molecule has 0 saturated carbocycles. The zero-order chi connectivity index (χ0) is 9.42. The van der Waals surface area contributed by atoms with Gasteiger partial charge in [0.2, 0.25) is 0 Å². The minimum absolute atomic E-state index is 0.117. The molecule has 0 unspecified atom stereocenters. The molecule has 1 aliphatic rings. The van der Waals surface area contributed by atoms with Gasteiger partial charge in [-0.2, -0.15) is 4.98 Å². The van der Waals surface area contributed by atoms with Crippen molar-refractivity contribution < 1.29 is 0 Å². The van der Waals surface area contributed by atoms with Crippen molar-refractivity contribution >= 4 is 11.5 Å². The third kappa shape index (κ3) is 1.12. The second-order valence-corrected chi connectivity index (χ2v) is 2.80. The average molecular weight is 179 g/mol. The summed E-state index contributed by atoms with van der Waals surface area (Å²) in [7, 11) is 0. The van der Waals surface area contributed by atoms with Crippen LogP contribution in [-0.2, 0) is 6.54 Å². The van der Waals surface area contributed by atoms with Gasteiger partial charge in [0.1, 0.15) is 17.8 Å². The Morgan fingerprint density at radius 3 is 3.08 bits per heavy atom. The average Bonchev–Trinajstić information content (AvgIpc) is 2.12. The van der Waals surface area contributed by atoms with Gasteiger partial charge in [0.15, 0.2) is 0 Å². The van der Waals surface area contributed by atoms with Crippen LogP contribution < -0.4 is 22.3 Å². The van der Waals surface area contributed by atoms with Gasteiger partial charge in [-0.15, -0.1) is 0 Å². The Morgan fingerprint density at radius 1 is 1.54 bits per heavy atom. The number of allylic oxidation sites excluding steroid dienone is 1. The van der Waals surface area contributed by atoms with Crippen LogP contribution >= 0.6 is 0 Å². The van der Waals surface area contributed by atoms with E-state index in [-0.39, 0.29) is 5.69 Å². The summed E-state index contributed by atoms with van der Waals surface area (Å²) in [5.74, 6) is 0.550. The summed E-state index contributed by atoms with van der Waals surface area (Å²) < 4.78 is 1.69. The minimum atomic E-state index is -0.423. The van der Waals surface area contributed by atoms with Crippen LogP contribution in [0.1, 0.15) is 0 Å². The second kappa shape index (κ2) is 2.51. The fourth-order valence-electron chi connectivity index (χ4n) is 1.19. The lowest BCUT2D eigenvalue weighted by Gasteiger charge is -2.18. The summed E-state index contributed by atoms with van der Waals surface area (Å²) in [6, 6.07) is 0. The summed E-state index contributed by atoms with van der Waals surface area (Å²) >= 11 is 0. The Morgan fingerprint density at radius 2 is 2.31 bits per heavy atom. The van der Waals surface area contributed by atoms with E-state index in [0.717, 1.165) is 0 Å². The zero-order valence-electron chi connectivity index (χ0n) is 6.82. The molecule has 0 bridgehead atoms. The van der Waals surface area contributed by atoms with E-state index in [1.54, 1.807) is 10.8 Å². The van der Waals surface area contributed by atoms with Crippen molar-refractivity contribution in [2.75, 3.05) is 11.1 Å². The molecule has 6 nitrogen and oxygen atoms in total. The number of hydrogen-bond acceptors (Lipinski definition) is 5. The lowest BCUT2D eigenvalue weighted by atomic mass is 10.3. The van der Waals surface area contributed by atoms with Crippen LogP contribution in [0.5, 0.6) is 0 Å². The number of hydrogen-bond donors (Lipinski definition) is 3. The molecule has 1 aliphatic heterocycles. The van der Waals surface area contributed by atoms with Crippen LogP contribution in [-0.4, -0.2) is 9.55 Å². The lowest BCUT2D eigenvalue weighted by Crippen LogP contribution is -2.24. The smallest absolute Gasteiger partial charge is 0.298 e. The number of nitrogens with zero attached hydrogens (tertiary/aromatic N) is 2. The molecule has 0 radical (unpaired) electrons. The Bertz CT molecular complexity index is 433. The summed E-state index contributed by atoms with van der Waals surface area (Å²) in [5.41, 5.74) is 11.4. The first-order valence-corrected chi connectivity index (χ1v) is 3.74. The standard InChI is InChI=1S/C7H9N5O/c8-4-1-10-6-5(9)7(13)11-3-12(6)2-4/h1,3,10H,2,8-9H2. The molecule has 1 aromatic rings. The third-order valence-electron chi connectivity index (χ3n) is 1.83. The van der Waals surface area contributed by atoms with Crippen LogP contribution in [0, 0.1) is 0 Å². The Labute approximate surface area is 73.9 Å². The number of nitrogens with one attached hydrogen (secondary N) is 1. The fourth-order valence-corrected chi connectivity index (χ4v) is 1.19. The van der Waals surface area contributed by atoms with Crippen molar-refractivity contribution in [1.29, 1.82) is 0 Å². The summed E-state index contributed by atoms with van der Waals surface area (Å²) in [6.07, 6.45) is 3.03. The van der Waals surface area contributed by atoms with Gasteiger partial charge >= 0.3 is 0 Å². The number of fused-ring (bicyclic) bond motifs is 1. The zero-order valence-corrected chi connectivity index (χ0v) is 6.82. The van der Waals surface area contributed by atoms with E-state index in [4.69, 9.17) is 11.5 Å². The molecule has 0 atom stereocenters. The highest BCUT2D eigenvalue weighted by molar-refractivity contribution is 5.62. The van der Waals surface area contributed by atoms with Gasteiger partial charge in [-0.1, -0.05) is 0 Å². The van der Waals surface area contributed by atoms with Crippen LogP contribution in [0.2, 0.25) is 0 Å². The molecule has 0 aromatic carbocycles. The topological polar surface area (TPSA) is 99.0 Å². The SMILES string of the molecule is NC1=CNc2c(N)c(=O)ncn2C1. The number of nitrogens with two attached hydrogens (primary N) is 2. The number of aromatic nitrogens is 2. The van der Waals surface area contributed by atoms with E-state index in [1.807, 2.05) is 0 Å². The van der Waals surface area contributed by atoms with E-state index in [2.05, 4.69) is 10.3 Å². The molecule has 13 heavy (non-hydrogen) atoms. The van der Waals surface area contributed by atoms with Crippen molar-refractivity contribution in [3.05, 3.63) is 28.6 Å². The van der Waals surface area contributed by atoms with Crippen molar-refractivity contribution in [2.24, 2.45) is 5.73 Å². The first kappa shape index (κ1) is 7.66. The molecule has 2 rings (SSSR count). The molecule has 0 aliphatic carbocycles. The molecule has 68 valence electrons. The monoisotopic (exact) mass is 179 g/mol. The Balaban J connectivity index is 2.59. The molecule has 0 spiro atoms. The lowest BCUT2D eigenvalue weighted by molar-refractivity contribution is 0.737. The van der Waals surface area contributed by atoms with Crippen molar-refractivity contribution in [2.45, 2.75) is 6.54 Å². The highest BCUT2D eigenvalue weighted by atomic mass is 16.1. The van der Waals surface area contributed by atoms with Gasteiger partial charge in [0, 0.05) is 11.9 Å². The van der Waals surface area contributed by atoms with Gasteiger partial charge in [0.05, 0.1) is 6.54 Å². The van der Waals surface area contributed by atoms with E-state index in [1.165, 1.54) is 6.33 Å². The molecule has 0 amide bonds.